The number of phosphoric ester groups is 1. The van der Waals surface area contributed by atoms with E-state index in [1.807, 2.05) is 0 Å². The lowest BCUT2D eigenvalue weighted by Gasteiger charge is -2.19. The molecule has 0 fully saturated rings. The molecule has 0 saturated heterocycles. The Bertz CT molecular complexity index is 1500. The number of phosphoric acid groups is 1. The largest absolute Gasteiger partial charge is 0.472 e. The zero-order chi connectivity index (χ0) is 67.9. The first-order valence-electron chi connectivity index (χ1n) is 43.0. The maximum atomic E-state index is 12.8. The number of nitrogens with two attached hydrogens (primary N) is 1. The van der Waals surface area contributed by atoms with Crippen LogP contribution in [0.4, 0.5) is 0 Å². The molecule has 94 heavy (non-hydrogen) atoms. The van der Waals surface area contributed by atoms with Gasteiger partial charge in [-0.05, 0) is 12.8 Å². The lowest BCUT2D eigenvalue weighted by molar-refractivity contribution is -0.161. The molecule has 10 heteroatoms. The van der Waals surface area contributed by atoms with Crippen molar-refractivity contribution in [1.29, 1.82) is 0 Å². The fourth-order valence-electron chi connectivity index (χ4n) is 13.9. The number of hydrogen-bond acceptors (Lipinski definition) is 8. The van der Waals surface area contributed by atoms with E-state index in [9.17, 15) is 19.0 Å². The lowest BCUT2D eigenvalue weighted by Crippen LogP contribution is -2.29. The van der Waals surface area contributed by atoms with Crippen LogP contribution in [0.5, 0.6) is 0 Å². The topological polar surface area (TPSA) is 134 Å². The second-order valence-corrected chi connectivity index (χ2v) is 31.2. The molecule has 0 aromatic rings. The monoisotopic (exact) mass is 1350 g/mol. The first-order chi connectivity index (χ1) is 46.3. The molecular formula is C84H168NO8P. The third-order valence-electron chi connectivity index (χ3n) is 20.2. The van der Waals surface area contributed by atoms with Gasteiger partial charge in [0.25, 0.3) is 0 Å². The molecule has 0 heterocycles. The fraction of sp³-hybridized carbons (Fsp3) is 0.976. The first-order valence-corrected chi connectivity index (χ1v) is 44.5. The maximum Gasteiger partial charge on any atom is 0.472 e. The minimum atomic E-state index is -4.39. The van der Waals surface area contributed by atoms with Crippen molar-refractivity contribution in [3.63, 3.8) is 0 Å². The normalized spacial score (nSPS) is 12.7. The Hall–Kier alpha value is -0.990. The molecule has 9 nitrogen and oxygen atoms in total. The van der Waals surface area contributed by atoms with E-state index < -0.39 is 26.5 Å². The number of esters is 2. The van der Waals surface area contributed by atoms with E-state index in [0.717, 1.165) is 32.1 Å². The zero-order valence-corrected chi connectivity index (χ0v) is 64.7. The van der Waals surface area contributed by atoms with Gasteiger partial charge in [-0.3, -0.25) is 18.6 Å². The molecule has 0 aliphatic rings. The quantitative estimate of drug-likeness (QED) is 0.0347. The van der Waals surface area contributed by atoms with E-state index in [0.29, 0.717) is 12.8 Å². The Kier molecular flexibility index (Phi) is 80.1. The van der Waals surface area contributed by atoms with Gasteiger partial charge in [-0.1, -0.05) is 470 Å². The molecule has 2 atom stereocenters. The van der Waals surface area contributed by atoms with Gasteiger partial charge >= 0.3 is 19.8 Å². The van der Waals surface area contributed by atoms with Crippen LogP contribution >= 0.6 is 7.82 Å². The van der Waals surface area contributed by atoms with Crippen LogP contribution in [0.3, 0.4) is 0 Å². The Morgan fingerprint density at radius 2 is 0.457 bits per heavy atom. The van der Waals surface area contributed by atoms with Crippen LogP contribution in [-0.4, -0.2) is 49.3 Å². The van der Waals surface area contributed by atoms with E-state index in [1.54, 1.807) is 0 Å². The Morgan fingerprint density at radius 3 is 0.649 bits per heavy atom. The summed E-state index contributed by atoms with van der Waals surface area (Å²) in [6, 6.07) is 0. The minimum absolute atomic E-state index is 0.0590. The number of ether oxygens (including phenoxy) is 2. The summed E-state index contributed by atoms with van der Waals surface area (Å²) < 4.78 is 33.3. The molecule has 0 aliphatic heterocycles. The van der Waals surface area contributed by atoms with Crippen LogP contribution in [0.25, 0.3) is 0 Å². The number of carbonyl (C=O) groups excluding carboxylic acids is 2. The second-order valence-electron chi connectivity index (χ2n) is 29.8. The summed E-state index contributed by atoms with van der Waals surface area (Å²) in [5.41, 5.74) is 5.42. The molecule has 0 rings (SSSR count). The molecule has 3 N–H and O–H groups in total. The number of unbranched alkanes of at least 4 members (excludes halogenated alkanes) is 71. The highest BCUT2D eigenvalue weighted by molar-refractivity contribution is 7.47. The van der Waals surface area contributed by atoms with E-state index >= 15 is 0 Å². The standard InChI is InChI=1S/C84H168NO8P/c1-3-5-7-9-11-13-15-17-19-21-23-25-27-29-31-33-35-37-39-40-41-43-45-47-49-51-53-55-57-59-61-63-65-67-69-71-73-75-77-84(87)93-82(81-92-94(88,89)91-79-78-85)80-90-83(86)76-74-72-70-68-66-64-62-60-58-56-54-52-50-48-46-44-42-38-36-34-32-30-28-26-24-22-20-18-16-14-12-10-8-6-4-2/h82H,3-81,85H2,1-2H3,(H,88,89). The van der Waals surface area contributed by atoms with Crippen LogP contribution < -0.4 is 5.73 Å². The summed E-state index contributed by atoms with van der Waals surface area (Å²) >= 11 is 0. The molecule has 0 aliphatic carbocycles. The van der Waals surface area contributed by atoms with Crippen molar-refractivity contribution < 1.29 is 37.6 Å². The van der Waals surface area contributed by atoms with E-state index in [4.69, 9.17) is 24.3 Å². The Morgan fingerprint density at radius 1 is 0.277 bits per heavy atom. The van der Waals surface area contributed by atoms with Gasteiger partial charge in [0.2, 0.25) is 0 Å². The Labute approximate surface area is 587 Å². The SMILES string of the molecule is CCCCCCCCCCCCCCCCCCCCCCCCCCCCCCCCCCCCCCCCC(=O)OC(COC(=O)CCCCCCCCCCCCCCCCCCCCCCCCCCCCCCCCCCCCC)COP(=O)(O)OCCN. The predicted molar refractivity (Wildman–Crippen MR) is 409 cm³/mol. The molecule has 0 bridgehead atoms. The maximum absolute atomic E-state index is 12.8. The smallest absolute Gasteiger partial charge is 0.462 e. The van der Waals surface area contributed by atoms with Crippen LogP contribution in [0.15, 0.2) is 0 Å². The van der Waals surface area contributed by atoms with Gasteiger partial charge in [0, 0.05) is 19.4 Å². The molecule has 0 spiro atoms. The summed E-state index contributed by atoms with van der Waals surface area (Å²) in [6.45, 7) is 3.86. The van der Waals surface area contributed by atoms with Crippen LogP contribution in [0.2, 0.25) is 0 Å². The molecule has 0 aromatic carbocycles. The molecule has 0 amide bonds. The van der Waals surface area contributed by atoms with Crippen LogP contribution in [0.1, 0.15) is 495 Å². The first kappa shape index (κ1) is 93.0. The number of rotatable bonds is 84. The predicted octanol–water partition coefficient (Wildman–Crippen LogP) is 28.8. The van der Waals surface area contributed by atoms with Crippen LogP contribution in [0, 0.1) is 0 Å². The van der Waals surface area contributed by atoms with Gasteiger partial charge in [-0.2, -0.15) is 0 Å². The summed E-state index contributed by atoms with van der Waals surface area (Å²) in [6.07, 6.45) is 100. The van der Waals surface area contributed by atoms with Crippen molar-refractivity contribution in [3.8, 4) is 0 Å². The molecular weight excluding hydrogens is 1180 g/mol. The van der Waals surface area contributed by atoms with Crippen molar-refractivity contribution in [2.45, 2.75) is 502 Å². The van der Waals surface area contributed by atoms with E-state index in [1.165, 1.54) is 430 Å². The second kappa shape index (κ2) is 81.0. The molecule has 0 aromatic heterocycles. The molecule has 562 valence electrons. The van der Waals surface area contributed by atoms with Crippen molar-refractivity contribution in [1.82, 2.24) is 0 Å². The van der Waals surface area contributed by atoms with E-state index in [2.05, 4.69) is 13.8 Å². The minimum Gasteiger partial charge on any atom is -0.462 e. The van der Waals surface area contributed by atoms with Gasteiger partial charge in [0.15, 0.2) is 6.10 Å². The van der Waals surface area contributed by atoms with Gasteiger partial charge in [0.05, 0.1) is 13.2 Å². The average Bonchev–Trinajstić information content (AvgIpc) is 3.71. The summed E-state index contributed by atoms with van der Waals surface area (Å²) in [4.78, 5) is 35.5. The van der Waals surface area contributed by atoms with Gasteiger partial charge in [-0.25, -0.2) is 4.57 Å². The van der Waals surface area contributed by atoms with Crippen LogP contribution in [-0.2, 0) is 32.7 Å². The summed E-state index contributed by atoms with van der Waals surface area (Å²) in [5.74, 6) is -0.793. The fourth-order valence-corrected chi connectivity index (χ4v) is 14.6. The van der Waals surface area contributed by atoms with Crippen molar-refractivity contribution in [2.24, 2.45) is 5.73 Å². The lowest BCUT2D eigenvalue weighted by atomic mass is 10.0. The number of hydrogen-bond donors (Lipinski definition) is 2. The van der Waals surface area contributed by atoms with Crippen molar-refractivity contribution in [3.05, 3.63) is 0 Å². The molecule has 2 unspecified atom stereocenters. The highest BCUT2D eigenvalue weighted by atomic mass is 31.2. The highest BCUT2D eigenvalue weighted by Crippen LogP contribution is 2.43. The number of carbonyl (C=O) groups is 2. The van der Waals surface area contributed by atoms with Gasteiger partial charge < -0.3 is 20.1 Å². The molecule has 0 radical (unpaired) electrons. The Balaban J connectivity index is 3.69. The van der Waals surface area contributed by atoms with Crippen molar-refractivity contribution >= 4 is 19.8 Å². The third-order valence-corrected chi connectivity index (χ3v) is 21.2. The summed E-state index contributed by atoms with van der Waals surface area (Å²) in [5, 5.41) is 0. The zero-order valence-electron chi connectivity index (χ0n) is 63.8. The van der Waals surface area contributed by atoms with E-state index in [-0.39, 0.29) is 32.1 Å². The average molecular weight is 1350 g/mol. The van der Waals surface area contributed by atoms with Gasteiger partial charge in [-0.15, -0.1) is 0 Å². The third kappa shape index (κ3) is 80.0. The molecule has 0 saturated carbocycles. The van der Waals surface area contributed by atoms with Crippen molar-refractivity contribution in [2.75, 3.05) is 26.4 Å². The highest BCUT2D eigenvalue weighted by Gasteiger charge is 2.26. The van der Waals surface area contributed by atoms with Gasteiger partial charge in [0.1, 0.15) is 6.61 Å². The summed E-state index contributed by atoms with van der Waals surface area (Å²) in [7, 11) is -4.39.